The molecule has 1 amide bonds. The van der Waals surface area contributed by atoms with Crippen molar-refractivity contribution < 1.29 is 38.0 Å². The molecule has 0 saturated heterocycles. The van der Waals surface area contributed by atoms with E-state index in [0.717, 1.165) is 83.5 Å². The lowest BCUT2D eigenvalue weighted by molar-refractivity contribution is -0.870. The molecule has 0 saturated carbocycles. The number of allylic oxidation sites excluding steroid dienone is 16. The molecule has 0 aliphatic carbocycles. The first-order valence-corrected chi connectivity index (χ1v) is 29.1. The molecule has 0 bridgehead atoms. The predicted octanol–water partition coefficient (Wildman–Crippen LogP) is 15.6. The summed E-state index contributed by atoms with van der Waals surface area (Å²) in [5.74, 6) is -0.277. The molecule has 0 aromatic heterocycles. The summed E-state index contributed by atoms with van der Waals surface area (Å²) < 4.78 is 23.6. The molecule has 0 aromatic carbocycles. The molecule has 0 radical (unpaired) electrons. The Balaban J connectivity index is 4.14. The van der Waals surface area contributed by atoms with Crippen LogP contribution in [-0.2, 0) is 18.4 Å². The van der Waals surface area contributed by atoms with E-state index in [0.29, 0.717) is 30.3 Å². The zero-order chi connectivity index (χ0) is 50.8. The first kappa shape index (κ1) is 66.4. The highest BCUT2D eigenvalue weighted by molar-refractivity contribution is 7.47. The minimum Gasteiger partial charge on any atom is -0.390 e. The molecule has 9 nitrogen and oxygen atoms in total. The zero-order valence-corrected chi connectivity index (χ0v) is 45.8. The summed E-state index contributed by atoms with van der Waals surface area (Å²) in [7, 11) is 1.40. The Kier molecular flexibility index (Phi) is 47.1. The molecule has 398 valence electrons. The second-order valence-electron chi connectivity index (χ2n) is 19.7. The van der Waals surface area contributed by atoms with Gasteiger partial charge in [-0.3, -0.25) is 13.8 Å². The molecule has 0 aromatic rings. The topological polar surface area (TPSA) is 125 Å². The lowest BCUT2D eigenvalue weighted by atomic mass is 10.0. The Bertz CT molecular complexity index is 1460. The van der Waals surface area contributed by atoms with Gasteiger partial charge in [-0.1, -0.05) is 200 Å². The average molecular weight is 986 g/mol. The molecule has 0 heterocycles. The minimum absolute atomic E-state index is 0.00906. The number of unbranched alkanes of at least 4 members (excludes halogenated alkanes) is 20. The molecule has 10 heteroatoms. The number of rotatable bonds is 49. The Morgan fingerprint density at radius 1 is 0.536 bits per heavy atom. The number of aliphatic hydroxyl groups is 2. The number of hydrogen-bond donors (Lipinski definition) is 4. The van der Waals surface area contributed by atoms with Gasteiger partial charge in [0.2, 0.25) is 5.91 Å². The number of aliphatic hydroxyl groups excluding tert-OH is 2. The molecule has 0 aliphatic heterocycles. The van der Waals surface area contributed by atoms with E-state index in [9.17, 15) is 24.5 Å². The molecule has 0 spiro atoms. The summed E-state index contributed by atoms with van der Waals surface area (Å²) in [5, 5.41) is 24.7. The van der Waals surface area contributed by atoms with E-state index in [-0.39, 0.29) is 18.9 Å². The maximum Gasteiger partial charge on any atom is 0.472 e. The quantitative estimate of drug-likeness (QED) is 0.0207. The van der Waals surface area contributed by atoms with E-state index in [1.165, 1.54) is 89.9 Å². The summed E-state index contributed by atoms with van der Waals surface area (Å²) in [6, 6.07) is -1.06. The molecule has 0 aliphatic rings. The number of carbonyl (C=O) groups is 1. The number of hydrogen-bond acceptors (Lipinski definition) is 6. The normalized spacial score (nSPS) is 15.2. The van der Waals surface area contributed by atoms with Gasteiger partial charge in [0, 0.05) is 6.42 Å². The van der Waals surface area contributed by atoms with Crippen molar-refractivity contribution in [1.29, 1.82) is 0 Å². The number of quaternary nitrogens is 1. The van der Waals surface area contributed by atoms with Crippen LogP contribution in [0.15, 0.2) is 97.2 Å². The van der Waals surface area contributed by atoms with Crippen molar-refractivity contribution >= 4 is 13.7 Å². The fourth-order valence-electron chi connectivity index (χ4n) is 7.62. The van der Waals surface area contributed by atoms with Gasteiger partial charge in [-0.15, -0.1) is 0 Å². The van der Waals surface area contributed by atoms with Gasteiger partial charge in [0.1, 0.15) is 19.3 Å². The number of amides is 1. The van der Waals surface area contributed by atoms with Crippen LogP contribution >= 0.6 is 7.82 Å². The fraction of sp³-hybridized carbons (Fsp3) is 0.712. The van der Waals surface area contributed by atoms with Crippen LogP contribution in [-0.4, -0.2) is 84.6 Å². The first-order chi connectivity index (χ1) is 33.4. The van der Waals surface area contributed by atoms with Crippen LogP contribution in [0.25, 0.3) is 0 Å². The van der Waals surface area contributed by atoms with Crippen molar-refractivity contribution in [2.75, 3.05) is 40.9 Å². The first-order valence-electron chi connectivity index (χ1n) is 27.7. The molecule has 69 heavy (non-hydrogen) atoms. The second-order valence-corrected chi connectivity index (χ2v) is 21.2. The van der Waals surface area contributed by atoms with Gasteiger partial charge in [-0.2, -0.15) is 0 Å². The molecule has 0 fully saturated rings. The fourth-order valence-corrected chi connectivity index (χ4v) is 8.36. The van der Waals surface area contributed by atoms with Crippen LogP contribution in [0.5, 0.6) is 0 Å². The van der Waals surface area contributed by atoms with Gasteiger partial charge >= 0.3 is 7.82 Å². The van der Waals surface area contributed by atoms with E-state index < -0.39 is 32.7 Å². The van der Waals surface area contributed by atoms with Gasteiger partial charge < -0.3 is 24.9 Å². The Morgan fingerprint density at radius 2 is 0.928 bits per heavy atom. The highest BCUT2D eigenvalue weighted by atomic mass is 31.2. The van der Waals surface area contributed by atoms with Crippen molar-refractivity contribution in [3.05, 3.63) is 97.2 Å². The van der Waals surface area contributed by atoms with Gasteiger partial charge in [0.15, 0.2) is 0 Å². The number of carbonyl (C=O) groups excluding carboxylic acids is 1. The summed E-state index contributed by atoms with van der Waals surface area (Å²) in [5.41, 5.74) is 0. The third-order valence-corrected chi connectivity index (χ3v) is 12.9. The SMILES string of the molecule is C/C=C/CC/C=C/CC/C=C/CCCC(O)C(O)C(COP(=O)(O)OCC[N+](C)(C)C)NC(=O)CCCCCCCCCCCCCCCCCCC/C=C\C/C=C\C/C=C\C/C=C\C/C=C\CC. The molecular weight excluding hydrogens is 880 g/mol. The second kappa shape index (κ2) is 49.0. The molecule has 0 rings (SSSR count). The number of phosphoric ester groups is 1. The van der Waals surface area contributed by atoms with Gasteiger partial charge in [0.25, 0.3) is 0 Å². The molecular formula is C59H106N2O7P+. The van der Waals surface area contributed by atoms with Crippen LogP contribution in [0.4, 0.5) is 0 Å². The van der Waals surface area contributed by atoms with Crippen molar-refractivity contribution in [2.24, 2.45) is 0 Å². The summed E-state index contributed by atoms with van der Waals surface area (Å²) in [6.07, 6.45) is 66.6. The highest BCUT2D eigenvalue weighted by Crippen LogP contribution is 2.43. The average Bonchev–Trinajstić information content (AvgIpc) is 3.31. The van der Waals surface area contributed by atoms with E-state index in [1.807, 2.05) is 28.1 Å². The zero-order valence-electron chi connectivity index (χ0n) is 44.9. The summed E-state index contributed by atoms with van der Waals surface area (Å²) in [6.45, 7) is 4.24. The largest absolute Gasteiger partial charge is 0.472 e. The third-order valence-electron chi connectivity index (χ3n) is 12.0. The maximum atomic E-state index is 13.0. The van der Waals surface area contributed by atoms with Crippen molar-refractivity contribution in [2.45, 2.75) is 231 Å². The number of phosphoric acid groups is 1. The van der Waals surface area contributed by atoms with Crippen LogP contribution < -0.4 is 5.32 Å². The van der Waals surface area contributed by atoms with Crippen molar-refractivity contribution in [3.63, 3.8) is 0 Å². The number of nitrogens with one attached hydrogen (secondary N) is 1. The van der Waals surface area contributed by atoms with Crippen LogP contribution in [0.3, 0.4) is 0 Å². The monoisotopic (exact) mass is 986 g/mol. The number of nitrogens with zero attached hydrogens (tertiary/aromatic N) is 1. The Hall–Kier alpha value is -2.62. The van der Waals surface area contributed by atoms with Gasteiger partial charge in [0.05, 0.1) is 39.9 Å². The van der Waals surface area contributed by atoms with Crippen molar-refractivity contribution in [3.8, 4) is 0 Å². The summed E-state index contributed by atoms with van der Waals surface area (Å²) in [4.78, 5) is 23.3. The van der Waals surface area contributed by atoms with Crippen LogP contribution in [0.2, 0.25) is 0 Å². The lowest BCUT2D eigenvalue weighted by Gasteiger charge is -2.28. The highest BCUT2D eigenvalue weighted by Gasteiger charge is 2.31. The van der Waals surface area contributed by atoms with E-state index in [4.69, 9.17) is 9.05 Å². The van der Waals surface area contributed by atoms with Crippen molar-refractivity contribution in [1.82, 2.24) is 5.32 Å². The predicted molar refractivity (Wildman–Crippen MR) is 296 cm³/mol. The Morgan fingerprint density at radius 3 is 1.39 bits per heavy atom. The smallest absolute Gasteiger partial charge is 0.390 e. The molecule has 4 N–H and O–H groups in total. The molecule has 4 atom stereocenters. The Labute approximate surface area is 424 Å². The number of likely N-dealkylation sites (N-methyl/N-ethyl adjacent to an activating group) is 1. The van der Waals surface area contributed by atoms with Crippen LogP contribution in [0.1, 0.15) is 213 Å². The van der Waals surface area contributed by atoms with E-state index in [2.05, 4.69) is 109 Å². The standard InChI is InChI=1S/C59H105N2O7P/c1-6-8-10-12-14-16-18-20-21-22-23-24-25-26-27-28-29-30-31-32-33-34-35-36-37-38-39-40-42-44-46-48-50-52-58(63)60-56(55-68-69(65,66)67-54-53-61(3,4)5)59(64)57(62)51-49-47-45-43-41-19-17-15-13-11-9-7-2/h7-10,14-17,20-21,23-24,26-27,43,45,56-57,59,62,64H,6,11-13,18-19,22,25,28-42,44,46-55H2,1-5H3,(H-,60,63,65,66)/p+1/b9-7+,10-8-,16-14-,17-15+,21-20-,24-23-,27-26-,45-43+. The van der Waals surface area contributed by atoms with Gasteiger partial charge in [-0.05, 0) is 103 Å². The minimum atomic E-state index is -4.44. The van der Waals surface area contributed by atoms with E-state index >= 15 is 0 Å². The van der Waals surface area contributed by atoms with E-state index in [1.54, 1.807) is 0 Å². The maximum absolute atomic E-state index is 13.0. The molecule has 4 unspecified atom stereocenters. The third kappa shape index (κ3) is 50.1. The lowest BCUT2D eigenvalue weighted by Crippen LogP contribution is -2.51. The van der Waals surface area contributed by atoms with Crippen LogP contribution in [0, 0.1) is 0 Å². The summed E-state index contributed by atoms with van der Waals surface area (Å²) >= 11 is 0. The van der Waals surface area contributed by atoms with Gasteiger partial charge in [-0.25, -0.2) is 4.57 Å².